The Morgan fingerprint density at radius 1 is 1.14 bits per heavy atom. The van der Waals surface area contributed by atoms with Crippen molar-refractivity contribution in [3.8, 4) is 5.75 Å². The van der Waals surface area contributed by atoms with Crippen molar-refractivity contribution in [2.75, 3.05) is 6.61 Å². The van der Waals surface area contributed by atoms with E-state index in [0.717, 1.165) is 6.92 Å². The first-order valence-corrected chi connectivity index (χ1v) is 8.08. The molecule has 0 radical (unpaired) electrons. The monoisotopic (exact) mass is 413 g/mol. The standard InChI is InChI=1S/C8H14O7.C7H6O2.C2H3N3/c1-3(10)5(12)7(14)8(15)6(13)4(11)2-9;8-5-6-3-1-2-4-7(6)9;1-2-4-5-3-1/h4,6-9,11,13-15H,2H2,1H3;1-5,9H;1-2H,(H,3,4,5). The van der Waals surface area contributed by atoms with E-state index in [-0.39, 0.29) is 5.75 Å². The van der Waals surface area contributed by atoms with Crippen molar-refractivity contribution >= 4 is 17.9 Å². The van der Waals surface area contributed by atoms with Crippen LogP contribution in [0.15, 0.2) is 36.7 Å². The minimum Gasteiger partial charge on any atom is -0.507 e. The number of para-hydroxylation sites is 1. The van der Waals surface area contributed by atoms with Gasteiger partial charge in [0.25, 0.3) is 0 Å². The second kappa shape index (κ2) is 14.0. The number of aliphatic hydroxyl groups excluding tert-OH is 5. The molecule has 12 heteroatoms. The highest BCUT2D eigenvalue weighted by Gasteiger charge is 2.35. The molecule has 1 aromatic heterocycles. The summed E-state index contributed by atoms with van der Waals surface area (Å²) in [6.07, 6.45) is -3.89. The number of ketones is 2. The third-order valence-electron chi connectivity index (χ3n) is 3.27. The van der Waals surface area contributed by atoms with E-state index in [1.165, 1.54) is 6.07 Å². The average molecular weight is 413 g/mol. The van der Waals surface area contributed by atoms with Gasteiger partial charge in [0.2, 0.25) is 5.78 Å². The fourth-order valence-electron chi connectivity index (χ4n) is 1.64. The number of phenolic OH excluding ortho intramolecular Hbond substituents is 1. The van der Waals surface area contributed by atoms with Crippen molar-refractivity contribution in [1.82, 2.24) is 15.4 Å². The Balaban J connectivity index is 0.000000464. The van der Waals surface area contributed by atoms with Gasteiger partial charge in [-0.3, -0.25) is 19.5 Å². The van der Waals surface area contributed by atoms with Crippen LogP contribution in [0.25, 0.3) is 0 Å². The van der Waals surface area contributed by atoms with E-state index in [1.54, 1.807) is 30.6 Å². The molecule has 4 atom stereocenters. The Kier molecular flexibility index (Phi) is 12.6. The Morgan fingerprint density at radius 2 is 1.76 bits per heavy atom. The van der Waals surface area contributed by atoms with Crippen LogP contribution in [0.4, 0.5) is 0 Å². The lowest BCUT2D eigenvalue weighted by Crippen LogP contribution is -2.49. The van der Waals surface area contributed by atoms with Gasteiger partial charge in [-0.1, -0.05) is 17.3 Å². The zero-order chi connectivity index (χ0) is 22.4. The molecule has 29 heavy (non-hydrogen) atoms. The van der Waals surface area contributed by atoms with E-state index in [0.29, 0.717) is 11.8 Å². The van der Waals surface area contributed by atoms with Crippen LogP contribution >= 0.6 is 0 Å². The van der Waals surface area contributed by atoms with Gasteiger partial charge in [-0.15, -0.1) is 5.10 Å². The van der Waals surface area contributed by atoms with E-state index in [4.69, 9.17) is 30.6 Å². The zero-order valence-corrected chi connectivity index (χ0v) is 15.4. The predicted molar refractivity (Wildman–Crippen MR) is 96.7 cm³/mol. The van der Waals surface area contributed by atoms with Gasteiger partial charge in [0.15, 0.2) is 12.1 Å². The summed E-state index contributed by atoms with van der Waals surface area (Å²) >= 11 is 0. The third-order valence-corrected chi connectivity index (χ3v) is 3.27. The summed E-state index contributed by atoms with van der Waals surface area (Å²) in [7, 11) is 0. The number of aromatic nitrogens is 3. The number of carbonyl (C=O) groups excluding carboxylic acids is 3. The highest BCUT2D eigenvalue weighted by molar-refractivity contribution is 6.38. The van der Waals surface area contributed by atoms with Crippen molar-refractivity contribution in [2.45, 2.75) is 31.3 Å². The smallest absolute Gasteiger partial charge is 0.229 e. The molecular formula is C17H23N3O9. The van der Waals surface area contributed by atoms with E-state index >= 15 is 0 Å². The summed E-state index contributed by atoms with van der Waals surface area (Å²) in [6.45, 7) is 0.0480. The molecule has 0 aliphatic rings. The van der Waals surface area contributed by atoms with Crippen LogP contribution in [-0.2, 0) is 9.59 Å². The number of phenols is 1. The SMILES string of the molecule is CC(=O)C(=O)C(O)C(O)C(O)C(O)CO.O=Cc1ccccc1O.c1c[nH]nn1. The zero-order valence-electron chi connectivity index (χ0n) is 15.4. The van der Waals surface area contributed by atoms with Gasteiger partial charge in [0.1, 0.15) is 30.2 Å². The Bertz CT molecular complexity index is 722. The molecule has 0 aliphatic carbocycles. The molecule has 1 aromatic carbocycles. The second-order valence-corrected chi connectivity index (χ2v) is 5.43. The molecule has 0 aliphatic heterocycles. The molecule has 0 amide bonds. The quantitative estimate of drug-likeness (QED) is 0.187. The van der Waals surface area contributed by atoms with Gasteiger partial charge >= 0.3 is 0 Å². The molecule has 7 N–H and O–H groups in total. The van der Waals surface area contributed by atoms with Gasteiger partial charge in [-0.25, -0.2) is 0 Å². The lowest BCUT2D eigenvalue weighted by Gasteiger charge is -2.24. The predicted octanol–water partition coefficient (Wildman–Crippen LogP) is -2.41. The minimum atomic E-state index is -2.11. The minimum absolute atomic E-state index is 0.0347. The summed E-state index contributed by atoms with van der Waals surface area (Å²) in [5, 5.41) is 62.8. The summed E-state index contributed by atoms with van der Waals surface area (Å²) in [4.78, 5) is 31.5. The van der Waals surface area contributed by atoms with E-state index in [1.807, 2.05) is 0 Å². The van der Waals surface area contributed by atoms with E-state index < -0.39 is 42.6 Å². The molecule has 1 heterocycles. The summed E-state index contributed by atoms with van der Waals surface area (Å²) in [5.74, 6) is -2.22. The molecule has 0 fully saturated rings. The molecule has 12 nitrogen and oxygen atoms in total. The van der Waals surface area contributed by atoms with E-state index in [2.05, 4.69) is 15.4 Å². The fraction of sp³-hybridized carbons (Fsp3) is 0.353. The molecule has 2 rings (SSSR count). The van der Waals surface area contributed by atoms with Gasteiger partial charge < -0.3 is 30.6 Å². The molecule has 4 unspecified atom stereocenters. The van der Waals surface area contributed by atoms with Gasteiger partial charge in [0.05, 0.1) is 18.4 Å². The van der Waals surface area contributed by atoms with Crippen molar-refractivity contribution in [2.24, 2.45) is 0 Å². The highest BCUT2D eigenvalue weighted by Crippen LogP contribution is 2.11. The molecule has 160 valence electrons. The number of aldehydes is 1. The summed E-state index contributed by atoms with van der Waals surface area (Å²) < 4.78 is 0. The normalized spacial score (nSPS) is 14.0. The molecule has 0 bridgehead atoms. The summed E-state index contributed by atoms with van der Waals surface area (Å²) in [6, 6.07) is 6.40. The number of aromatic amines is 1. The average Bonchev–Trinajstić information content (AvgIpc) is 3.31. The number of H-pyrrole nitrogens is 1. The molecular weight excluding hydrogens is 390 g/mol. The Hall–Kier alpha value is -3.03. The molecule has 0 spiro atoms. The Morgan fingerprint density at radius 3 is 2.10 bits per heavy atom. The number of Topliss-reactive ketones (excluding diaryl/α,β-unsaturated/α-hetero) is 2. The number of carbonyl (C=O) groups is 3. The van der Waals surface area contributed by atoms with Crippen LogP contribution in [0.3, 0.4) is 0 Å². The number of hydrogen-bond donors (Lipinski definition) is 7. The maximum absolute atomic E-state index is 10.9. The maximum Gasteiger partial charge on any atom is 0.229 e. The molecule has 2 aromatic rings. The van der Waals surface area contributed by atoms with Crippen LogP contribution in [0, 0.1) is 0 Å². The molecule has 0 saturated carbocycles. The highest BCUT2D eigenvalue weighted by atomic mass is 16.4. The first-order valence-electron chi connectivity index (χ1n) is 8.08. The topological polar surface area (TPSA) is 214 Å². The number of aromatic hydroxyl groups is 1. The lowest BCUT2D eigenvalue weighted by atomic mass is 9.99. The van der Waals surface area contributed by atoms with Crippen LogP contribution in [0.1, 0.15) is 17.3 Å². The fourth-order valence-corrected chi connectivity index (χ4v) is 1.64. The number of nitrogens with one attached hydrogen (secondary N) is 1. The number of benzene rings is 1. The lowest BCUT2D eigenvalue weighted by molar-refractivity contribution is -0.153. The summed E-state index contributed by atoms with van der Waals surface area (Å²) in [5.41, 5.74) is 0.331. The van der Waals surface area contributed by atoms with E-state index in [9.17, 15) is 14.4 Å². The number of hydrogen-bond acceptors (Lipinski definition) is 11. The van der Waals surface area contributed by atoms with Crippen molar-refractivity contribution in [1.29, 1.82) is 0 Å². The number of aliphatic hydroxyl groups is 5. The van der Waals surface area contributed by atoms with Crippen LogP contribution in [0.2, 0.25) is 0 Å². The largest absolute Gasteiger partial charge is 0.507 e. The second-order valence-electron chi connectivity index (χ2n) is 5.43. The van der Waals surface area contributed by atoms with Crippen LogP contribution in [-0.4, -0.2) is 94.9 Å². The number of nitrogens with zero attached hydrogens (tertiary/aromatic N) is 2. The molecule has 0 saturated heterocycles. The van der Waals surface area contributed by atoms with Gasteiger partial charge in [-0.2, -0.15) is 0 Å². The third kappa shape index (κ3) is 9.64. The van der Waals surface area contributed by atoms with Gasteiger partial charge in [0, 0.05) is 13.1 Å². The van der Waals surface area contributed by atoms with Crippen LogP contribution in [0.5, 0.6) is 5.75 Å². The van der Waals surface area contributed by atoms with Gasteiger partial charge in [-0.05, 0) is 12.1 Å². The van der Waals surface area contributed by atoms with Crippen molar-refractivity contribution < 1.29 is 45.0 Å². The Labute approximate surface area is 165 Å². The van der Waals surface area contributed by atoms with Crippen molar-refractivity contribution in [3.05, 3.63) is 42.2 Å². The van der Waals surface area contributed by atoms with Crippen molar-refractivity contribution in [3.63, 3.8) is 0 Å². The van der Waals surface area contributed by atoms with Crippen LogP contribution < -0.4 is 0 Å². The maximum atomic E-state index is 10.9. The number of rotatable bonds is 7. The first-order chi connectivity index (χ1) is 13.7. The first kappa shape index (κ1) is 26.0.